The number of nitrogens with zero attached hydrogens (tertiary/aromatic N) is 6. The predicted molar refractivity (Wildman–Crippen MR) is 142 cm³/mol. The molecule has 2 aromatic carbocycles. The third kappa shape index (κ3) is 4.15. The number of aryl methyl sites for hydroxylation is 1. The maximum Gasteiger partial charge on any atom is 0.322 e. The summed E-state index contributed by atoms with van der Waals surface area (Å²) in [6.07, 6.45) is 2.86. The van der Waals surface area contributed by atoms with Crippen molar-refractivity contribution >= 4 is 40.0 Å². The number of ether oxygens (including phenoxy) is 1. The van der Waals surface area contributed by atoms with Gasteiger partial charge >= 0.3 is 6.01 Å². The molecule has 1 amide bonds. The number of aromatic nitrogens is 5. The monoisotopic (exact) mass is 528 g/mol. The SMILES string of the molecule is CC(=O)Nc1ncnc2c1c(-c1ccc(Oc3nccc(C)n3)c(F)c1)c1n2CCN1c1cccc(N)c1F. The molecule has 0 aliphatic carbocycles. The average molecular weight is 529 g/mol. The zero-order valence-electron chi connectivity index (χ0n) is 20.9. The van der Waals surface area contributed by atoms with E-state index >= 15 is 8.78 Å². The molecule has 0 spiro atoms. The van der Waals surface area contributed by atoms with E-state index in [-0.39, 0.29) is 34.9 Å². The van der Waals surface area contributed by atoms with Gasteiger partial charge < -0.3 is 25.3 Å². The van der Waals surface area contributed by atoms with Crippen molar-refractivity contribution in [2.24, 2.45) is 0 Å². The van der Waals surface area contributed by atoms with E-state index < -0.39 is 11.6 Å². The lowest BCUT2D eigenvalue weighted by Crippen LogP contribution is -2.16. The zero-order valence-corrected chi connectivity index (χ0v) is 20.9. The fourth-order valence-electron chi connectivity index (χ4n) is 4.78. The topological polar surface area (TPSA) is 124 Å². The first-order valence-electron chi connectivity index (χ1n) is 12.1. The Morgan fingerprint density at radius 2 is 1.95 bits per heavy atom. The van der Waals surface area contributed by atoms with Crippen LogP contribution in [0.2, 0.25) is 0 Å². The Morgan fingerprint density at radius 1 is 1.10 bits per heavy atom. The summed E-state index contributed by atoms with van der Waals surface area (Å²) in [5, 5.41) is 3.23. The van der Waals surface area contributed by atoms with Crippen molar-refractivity contribution < 1.29 is 18.3 Å². The van der Waals surface area contributed by atoms with Crippen LogP contribution in [0.4, 0.5) is 31.8 Å². The molecule has 0 saturated heterocycles. The third-order valence-corrected chi connectivity index (χ3v) is 6.40. The number of benzene rings is 2. The third-order valence-electron chi connectivity index (χ3n) is 6.40. The van der Waals surface area contributed by atoms with Crippen LogP contribution in [-0.2, 0) is 11.3 Å². The van der Waals surface area contributed by atoms with Crippen LogP contribution in [0.1, 0.15) is 12.6 Å². The summed E-state index contributed by atoms with van der Waals surface area (Å²) in [4.78, 5) is 30.7. The van der Waals surface area contributed by atoms with Crippen molar-refractivity contribution in [3.63, 3.8) is 0 Å². The van der Waals surface area contributed by atoms with Crippen LogP contribution in [0.15, 0.2) is 55.0 Å². The maximum absolute atomic E-state index is 15.4. The second-order valence-electron chi connectivity index (χ2n) is 9.01. The number of anilines is 4. The van der Waals surface area contributed by atoms with Crippen LogP contribution in [-0.4, -0.2) is 37.0 Å². The van der Waals surface area contributed by atoms with E-state index in [0.717, 1.165) is 0 Å². The Morgan fingerprint density at radius 3 is 2.72 bits per heavy atom. The number of hydrogen-bond acceptors (Lipinski definition) is 8. The van der Waals surface area contributed by atoms with Crippen LogP contribution in [0.25, 0.3) is 22.2 Å². The first kappa shape index (κ1) is 24.2. The molecule has 4 heterocycles. The van der Waals surface area contributed by atoms with Crippen LogP contribution in [0, 0.1) is 18.6 Å². The van der Waals surface area contributed by atoms with Crippen LogP contribution >= 0.6 is 0 Å². The van der Waals surface area contributed by atoms with Gasteiger partial charge in [-0.3, -0.25) is 4.79 Å². The van der Waals surface area contributed by atoms with Gasteiger partial charge in [0.15, 0.2) is 17.4 Å². The molecule has 0 fully saturated rings. The molecule has 1 aliphatic heterocycles. The zero-order chi connectivity index (χ0) is 27.3. The molecule has 196 valence electrons. The molecule has 0 unspecified atom stereocenters. The summed E-state index contributed by atoms with van der Waals surface area (Å²) < 4.78 is 38.1. The molecule has 10 nitrogen and oxygen atoms in total. The number of rotatable bonds is 5. The molecule has 6 rings (SSSR count). The summed E-state index contributed by atoms with van der Waals surface area (Å²) >= 11 is 0. The van der Waals surface area contributed by atoms with Gasteiger partial charge in [0.2, 0.25) is 5.91 Å². The highest BCUT2D eigenvalue weighted by molar-refractivity contribution is 6.11. The van der Waals surface area contributed by atoms with Crippen LogP contribution < -0.4 is 20.7 Å². The lowest BCUT2D eigenvalue weighted by molar-refractivity contribution is -0.114. The Hall–Kier alpha value is -5.13. The molecule has 1 aliphatic rings. The van der Waals surface area contributed by atoms with Gasteiger partial charge in [-0.2, -0.15) is 0 Å². The second kappa shape index (κ2) is 9.31. The van der Waals surface area contributed by atoms with E-state index in [1.54, 1.807) is 36.1 Å². The molecule has 0 saturated carbocycles. The van der Waals surface area contributed by atoms with Crippen molar-refractivity contribution in [1.82, 2.24) is 24.5 Å². The number of hydrogen-bond donors (Lipinski definition) is 2. The van der Waals surface area contributed by atoms with E-state index in [9.17, 15) is 4.79 Å². The van der Waals surface area contributed by atoms with Crippen molar-refractivity contribution in [2.45, 2.75) is 20.4 Å². The Balaban J connectivity index is 1.55. The molecular weight excluding hydrogens is 506 g/mol. The van der Waals surface area contributed by atoms with Crippen molar-refractivity contribution in [3.05, 3.63) is 72.3 Å². The van der Waals surface area contributed by atoms with Crippen molar-refractivity contribution in [1.29, 1.82) is 0 Å². The molecule has 3 N–H and O–H groups in total. The van der Waals surface area contributed by atoms with Crippen molar-refractivity contribution in [2.75, 3.05) is 22.5 Å². The summed E-state index contributed by atoms with van der Waals surface area (Å²) in [7, 11) is 0. The Bertz CT molecular complexity index is 1770. The highest BCUT2D eigenvalue weighted by Gasteiger charge is 2.33. The molecule has 3 aromatic heterocycles. The summed E-state index contributed by atoms with van der Waals surface area (Å²) in [5.74, 6) is -0.810. The molecule has 0 atom stereocenters. The lowest BCUT2D eigenvalue weighted by Gasteiger charge is -2.21. The molecule has 5 aromatic rings. The van der Waals surface area contributed by atoms with Gasteiger partial charge in [-0.05, 0) is 42.8 Å². The number of nitrogen functional groups attached to an aromatic ring is 1. The smallest absolute Gasteiger partial charge is 0.322 e. The highest BCUT2D eigenvalue weighted by Crippen LogP contribution is 2.48. The minimum atomic E-state index is -0.664. The van der Waals surface area contributed by atoms with Crippen molar-refractivity contribution in [3.8, 4) is 22.9 Å². The molecular formula is C27H22F2N8O2. The average Bonchev–Trinajstić information content (AvgIpc) is 3.46. The van der Waals surface area contributed by atoms with Gasteiger partial charge in [-0.15, -0.1) is 0 Å². The van der Waals surface area contributed by atoms with Crippen LogP contribution in [0.3, 0.4) is 0 Å². The lowest BCUT2D eigenvalue weighted by atomic mass is 10.0. The molecule has 12 heteroatoms. The van der Waals surface area contributed by atoms with Gasteiger partial charge in [0.1, 0.15) is 23.6 Å². The van der Waals surface area contributed by atoms with E-state index in [1.165, 1.54) is 37.6 Å². The number of fused-ring (bicyclic) bond motifs is 3. The number of carbonyl (C=O) groups is 1. The van der Waals surface area contributed by atoms with Gasteiger partial charge in [0.05, 0.1) is 16.8 Å². The predicted octanol–water partition coefficient (Wildman–Crippen LogP) is 4.96. The van der Waals surface area contributed by atoms with Crippen LogP contribution in [0.5, 0.6) is 11.8 Å². The number of nitrogens with two attached hydrogens (primary N) is 1. The van der Waals surface area contributed by atoms with E-state index in [0.29, 0.717) is 46.8 Å². The number of carbonyl (C=O) groups excluding carboxylic acids is 1. The van der Waals surface area contributed by atoms with Gasteiger partial charge in [-0.1, -0.05) is 12.1 Å². The largest absolute Gasteiger partial charge is 0.421 e. The van der Waals surface area contributed by atoms with Gasteiger partial charge in [-0.25, -0.2) is 28.7 Å². The maximum atomic E-state index is 15.4. The normalized spacial score (nSPS) is 12.6. The fourth-order valence-corrected chi connectivity index (χ4v) is 4.78. The minimum Gasteiger partial charge on any atom is -0.421 e. The first-order valence-corrected chi connectivity index (χ1v) is 12.1. The number of halogens is 2. The Labute approximate surface area is 221 Å². The molecule has 0 radical (unpaired) electrons. The van der Waals surface area contributed by atoms with Gasteiger partial charge in [0, 0.05) is 37.5 Å². The van der Waals surface area contributed by atoms with E-state index in [1.807, 2.05) is 4.57 Å². The first-order chi connectivity index (χ1) is 18.8. The summed E-state index contributed by atoms with van der Waals surface area (Å²) in [6.45, 7) is 4.03. The van der Waals surface area contributed by atoms with E-state index in [4.69, 9.17) is 10.5 Å². The Kier molecular flexibility index (Phi) is 5.78. The van der Waals surface area contributed by atoms with E-state index in [2.05, 4.69) is 25.3 Å². The molecule has 0 bridgehead atoms. The summed E-state index contributed by atoms with van der Waals surface area (Å²) in [5.41, 5.74) is 8.30. The quantitative estimate of drug-likeness (QED) is 0.307. The number of amides is 1. The fraction of sp³-hybridized carbons (Fsp3) is 0.148. The minimum absolute atomic E-state index is 0.00764. The molecule has 39 heavy (non-hydrogen) atoms. The standard InChI is InChI=1S/C27H22F2N8O2/c1-14-8-9-31-27(34-14)39-20-7-6-16(12-17(20)28)21-22-24(35-15(2)38)32-13-33-25(22)37-11-10-36(26(21)37)19-5-3-4-18(30)23(19)29/h3-9,12-13H,10-11,30H2,1-2H3,(H,32,33,35,38). The number of nitrogens with one attached hydrogen (secondary N) is 1. The van der Waals surface area contributed by atoms with Gasteiger partial charge in [0.25, 0.3) is 0 Å². The highest BCUT2D eigenvalue weighted by atomic mass is 19.1. The second-order valence-corrected chi connectivity index (χ2v) is 9.01. The summed E-state index contributed by atoms with van der Waals surface area (Å²) in [6, 6.07) is 10.9.